The Morgan fingerprint density at radius 3 is 2.72 bits per heavy atom. The van der Waals surface area contributed by atoms with Gasteiger partial charge in [0, 0.05) is 19.3 Å². The van der Waals surface area contributed by atoms with E-state index < -0.39 is 0 Å². The molecule has 0 aromatic heterocycles. The molecular weight excluding hydrogens is 233 g/mol. The fourth-order valence-corrected chi connectivity index (χ4v) is 1.72. The molecule has 0 spiro atoms. The van der Waals surface area contributed by atoms with E-state index in [9.17, 15) is 4.39 Å². The Hall–Kier alpha value is -1.13. The molecule has 0 aliphatic carbocycles. The second kappa shape index (κ2) is 8.06. The fourth-order valence-electron chi connectivity index (χ4n) is 1.72. The molecule has 0 saturated carbocycles. The molecule has 18 heavy (non-hydrogen) atoms. The Balaban J connectivity index is 2.39. The van der Waals surface area contributed by atoms with Gasteiger partial charge in [-0.1, -0.05) is 13.0 Å². The molecule has 0 fully saturated rings. The third kappa shape index (κ3) is 5.02. The maximum Gasteiger partial charge on any atom is 0.165 e. The zero-order valence-corrected chi connectivity index (χ0v) is 11.1. The average Bonchev–Trinajstić information content (AvgIpc) is 2.35. The highest BCUT2D eigenvalue weighted by Crippen LogP contribution is 2.18. The summed E-state index contributed by atoms with van der Waals surface area (Å²) in [6.07, 6.45) is 2.45. The third-order valence-electron chi connectivity index (χ3n) is 2.70. The highest BCUT2D eigenvalue weighted by Gasteiger charge is 2.07. The molecule has 0 radical (unpaired) electrons. The predicted octanol–water partition coefficient (Wildman–Crippen LogP) is 2.52. The Morgan fingerprint density at radius 1 is 1.33 bits per heavy atom. The molecule has 1 unspecified atom stereocenters. The zero-order chi connectivity index (χ0) is 13.4. The first-order chi connectivity index (χ1) is 8.67. The fraction of sp³-hybridized carbons (Fsp3) is 0.571. The number of halogens is 1. The van der Waals surface area contributed by atoms with E-state index in [0.717, 1.165) is 25.0 Å². The lowest BCUT2D eigenvalue weighted by atomic mass is 10.0. The van der Waals surface area contributed by atoms with Crippen LogP contribution in [0.25, 0.3) is 0 Å². The van der Waals surface area contributed by atoms with Crippen LogP contribution in [0.2, 0.25) is 0 Å². The summed E-state index contributed by atoms with van der Waals surface area (Å²) in [5.74, 6) is -0.0805. The lowest BCUT2D eigenvalue weighted by Crippen LogP contribution is -2.24. The summed E-state index contributed by atoms with van der Waals surface area (Å²) in [5, 5.41) is 0. The Kier molecular flexibility index (Phi) is 6.68. The molecule has 0 bridgehead atoms. The van der Waals surface area contributed by atoms with E-state index in [0.29, 0.717) is 13.0 Å². The summed E-state index contributed by atoms with van der Waals surface area (Å²) in [6.45, 7) is 3.50. The van der Waals surface area contributed by atoms with Gasteiger partial charge in [0.15, 0.2) is 11.6 Å². The summed E-state index contributed by atoms with van der Waals surface area (Å²) < 4.78 is 23.7. The number of nitrogens with two attached hydrogens (primary N) is 1. The quantitative estimate of drug-likeness (QED) is 0.726. The molecule has 1 rings (SSSR count). The van der Waals surface area contributed by atoms with Crippen molar-refractivity contribution in [1.29, 1.82) is 0 Å². The molecule has 2 N–H and O–H groups in total. The molecule has 0 heterocycles. The molecule has 0 aliphatic rings. The van der Waals surface area contributed by atoms with Gasteiger partial charge in [-0.3, -0.25) is 0 Å². The van der Waals surface area contributed by atoms with Gasteiger partial charge in [-0.15, -0.1) is 0 Å². The lowest BCUT2D eigenvalue weighted by molar-refractivity contribution is 0.127. The zero-order valence-electron chi connectivity index (χ0n) is 11.1. The Morgan fingerprint density at radius 2 is 2.11 bits per heavy atom. The summed E-state index contributed by atoms with van der Waals surface area (Å²) in [4.78, 5) is 0. The second-order valence-electron chi connectivity index (χ2n) is 4.33. The number of hydrogen-bond acceptors (Lipinski definition) is 3. The van der Waals surface area contributed by atoms with Crippen LogP contribution in [0.4, 0.5) is 4.39 Å². The molecule has 0 aliphatic heterocycles. The minimum atomic E-state index is -0.343. The average molecular weight is 255 g/mol. The van der Waals surface area contributed by atoms with Crippen LogP contribution in [0.3, 0.4) is 0 Å². The van der Waals surface area contributed by atoms with Crippen LogP contribution in [-0.4, -0.2) is 26.4 Å². The van der Waals surface area contributed by atoms with E-state index in [1.807, 2.05) is 6.07 Å². The minimum Gasteiger partial charge on any atom is -0.494 e. The normalized spacial score (nSPS) is 12.4. The van der Waals surface area contributed by atoms with Crippen LogP contribution < -0.4 is 10.5 Å². The van der Waals surface area contributed by atoms with Crippen molar-refractivity contribution in [2.24, 2.45) is 5.73 Å². The summed E-state index contributed by atoms with van der Waals surface area (Å²) in [5.41, 5.74) is 6.86. The topological polar surface area (TPSA) is 44.5 Å². The van der Waals surface area contributed by atoms with Gasteiger partial charge in [-0.25, -0.2) is 4.39 Å². The number of methoxy groups -OCH3 is 1. The van der Waals surface area contributed by atoms with Crippen molar-refractivity contribution < 1.29 is 13.9 Å². The van der Waals surface area contributed by atoms with Crippen molar-refractivity contribution in [1.82, 2.24) is 0 Å². The summed E-state index contributed by atoms with van der Waals surface area (Å²) >= 11 is 0. The highest BCUT2D eigenvalue weighted by molar-refractivity contribution is 5.29. The maximum atomic E-state index is 13.5. The SMILES string of the molecule is CCCOCCC(N)Cc1ccc(OC)c(F)c1. The van der Waals surface area contributed by atoms with Crippen LogP contribution in [0, 0.1) is 5.82 Å². The molecule has 0 saturated heterocycles. The number of ether oxygens (including phenoxy) is 2. The molecule has 102 valence electrons. The van der Waals surface area contributed by atoms with Crippen molar-refractivity contribution in [2.75, 3.05) is 20.3 Å². The van der Waals surface area contributed by atoms with Gasteiger partial charge in [-0.05, 0) is 37.0 Å². The standard InChI is InChI=1S/C14H22FNO2/c1-3-7-18-8-6-12(16)9-11-4-5-14(17-2)13(15)10-11/h4-5,10,12H,3,6-9,16H2,1-2H3. The molecule has 1 atom stereocenters. The van der Waals surface area contributed by atoms with Crippen molar-refractivity contribution in [3.05, 3.63) is 29.6 Å². The maximum absolute atomic E-state index is 13.5. The molecule has 0 amide bonds. The van der Waals surface area contributed by atoms with Crippen LogP contribution >= 0.6 is 0 Å². The summed E-state index contributed by atoms with van der Waals surface area (Å²) in [7, 11) is 1.45. The van der Waals surface area contributed by atoms with Gasteiger partial charge >= 0.3 is 0 Å². The van der Waals surface area contributed by atoms with E-state index in [1.165, 1.54) is 13.2 Å². The van der Waals surface area contributed by atoms with Crippen molar-refractivity contribution in [3.63, 3.8) is 0 Å². The minimum absolute atomic E-state index is 0.00495. The van der Waals surface area contributed by atoms with E-state index in [2.05, 4.69) is 6.92 Å². The lowest BCUT2D eigenvalue weighted by Gasteiger charge is -2.12. The highest BCUT2D eigenvalue weighted by atomic mass is 19.1. The van der Waals surface area contributed by atoms with Crippen molar-refractivity contribution >= 4 is 0 Å². The van der Waals surface area contributed by atoms with Crippen LogP contribution in [0.1, 0.15) is 25.3 Å². The molecule has 3 nitrogen and oxygen atoms in total. The number of rotatable bonds is 8. The molecular formula is C14H22FNO2. The largest absolute Gasteiger partial charge is 0.494 e. The second-order valence-corrected chi connectivity index (χ2v) is 4.33. The Bertz CT molecular complexity index is 358. The first kappa shape index (κ1) is 14.9. The monoisotopic (exact) mass is 255 g/mol. The van der Waals surface area contributed by atoms with Gasteiger partial charge in [-0.2, -0.15) is 0 Å². The number of benzene rings is 1. The van der Waals surface area contributed by atoms with Gasteiger partial charge in [0.25, 0.3) is 0 Å². The van der Waals surface area contributed by atoms with Crippen molar-refractivity contribution in [2.45, 2.75) is 32.2 Å². The number of hydrogen-bond donors (Lipinski definition) is 1. The van der Waals surface area contributed by atoms with Crippen LogP contribution in [0.5, 0.6) is 5.75 Å². The van der Waals surface area contributed by atoms with Crippen LogP contribution in [-0.2, 0) is 11.2 Å². The van der Waals surface area contributed by atoms with E-state index in [1.54, 1.807) is 6.07 Å². The van der Waals surface area contributed by atoms with Gasteiger partial charge in [0.05, 0.1) is 7.11 Å². The molecule has 1 aromatic rings. The smallest absolute Gasteiger partial charge is 0.165 e. The first-order valence-corrected chi connectivity index (χ1v) is 6.33. The first-order valence-electron chi connectivity index (χ1n) is 6.33. The van der Waals surface area contributed by atoms with Crippen molar-refractivity contribution in [3.8, 4) is 5.75 Å². The Labute approximate surface area is 108 Å². The predicted molar refractivity (Wildman–Crippen MR) is 70.4 cm³/mol. The molecule has 4 heteroatoms. The van der Waals surface area contributed by atoms with Gasteiger partial charge in [0.2, 0.25) is 0 Å². The van der Waals surface area contributed by atoms with E-state index in [4.69, 9.17) is 15.2 Å². The van der Waals surface area contributed by atoms with E-state index >= 15 is 0 Å². The third-order valence-corrected chi connectivity index (χ3v) is 2.70. The summed E-state index contributed by atoms with van der Waals surface area (Å²) in [6, 6.07) is 4.94. The van der Waals surface area contributed by atoms with Crippen LogP contribution in [0.15, 0.2) is 18.2 Å². The van der Waals surface area contributed by atoms with Gasteiger partial charge in [0.1, 0.15) is 0 Å². The van der Waals surface area contributed by atoms with Gasteiger partial charge < -0.3 is 15.2 Å². The van der Waals surface area contributed by atoms with E-state index in [-0.39, 0.29) is 17.6 Å². The molecule has 1 aromatic carbocycles.